The van der Waals surface area contributed by atoms with Gasteiger partial charge in [0.05, 0.1) is 38.1 Å². The quantitative estimate of drug-likeness (QED) is 0.704. The number of amides is 1. The molecule has 0 aromatic heterocycles. The van der Waals surface area contributed by atoms with Crippen molar-refractivity contribution in [3.8, 4) is 0 Å². The van der Waals surface area contributed by atoms with E-state index in [9.17, 15) is 19.5 Å². The van der Waals surface area contributed by atoms with Gasteiger partial charge in [0.25, 0.3) is 0 Å². The second-order valence-electron chi connectivity index (χ2n) is 8.74. The Kier molecular flexibility index (Phi) is 6.96. The van der Waals surface area contributed by atoms with Crippen LogP contribution in [0.4, 0.5) is 0 Å². The van der Waals surface area contributed by atoms with Crippen LogP contribution in [0.5, 0.6) is 0 Å². The van der Waals surface area contributed by atoms with E-state index >= 15 is 0 Å². The summed E-state index contributed by atoms with van der Waals surface area (Å²) in [5.41, 5.74) is 0. The smallest absolute Gasteiger partial charge is 0.308 e. The molecule has 0 aliphatic heterocycles. The molecule has 6 atom stereocenters. The summed E-state index contributed by atoms with van der Waals surface area (Å²) in [6.45, 7) is 0. The molecule has 7 nitrogen and oxygen atoms in total. The monoisotopic (exact) mass is 395 g/mol. The molecule has 0 radical (unpaired) electrons. The Bertz CT molecular complexity index is 569. The van der Waals surface area contributed by atoms with Crippen molar-refractivity contribution in [2.24, 2.45) is 29.6 Å². The number of aliphatic hydroxyl groups is 1. The van der Waals surface area contributed by atoms with E-state index in [1.807, 2.05) is 0 Å². The van der Waals surface area contributed by atoms with Gasteiger partial charge in [-0.15, -0.1) is 0 Å². The first-order valence-corrected chi connectivity index (χ1v) is 10.6. The van der Waals surface area contributed by atoms with Crippen LogP contribution >= 0.6 is 0 Å². The summed E-state index contributed by atoms with van der Waals surface area (Å²) in [5.74, 6) is -1.42. The fraction of sp³-hybridized carbons (Fsp3) is 0.857. The number of fused-ring (bicyclic) bond motifs is 1. The average molecular weight is 395 g/mol. The molecule has 3 fully saturated rings. The van der Waals surface area contributed by atoms with Crippen molar-refractivity contribution in [3.63, 3.8) is 0 Å². The molecule has 28 heavy (non-hydrogen) atoms. The van der Waals surface area contributed by atoms with Gasteiger partial charge in [-0.1, -0.05) is 19.3 Å². The predicted molar refractivity (Wildman–Crippen MR) is 101 cm³/mol. The van der Waals surface area contributed by atoms with Crippen LogP contribution < -0.4 is 5.32 Å². The molecule has 3 aliphatic rings. The van der Waals surface area contributed by atoms with Crippen LogP contribution in [0.2, 0.25) is 0 Å². The van der Waals surface area contributed by atoms with Crippen LogP contribution in [0.15, 0.2) is 0 Å². The first kappa shape index (κ1) is 21.1. The SMILES string of the molecule is COC(=O)C1CC(NC(=O)C2CCC3CCCCC3C2O)CC(C(=O)OC)C1. The molecule has 0 heterocycles. The highest BCUT2D eigenvalue weighted by molar-refractivity contribution is 5.81. The Morgan fingerprint density at radius 1 is 0.857 bits per heavy atom. The molecule has 158 valence electrons. The summed E-state index contributed by atoms with van der Waals surface area (Å²) in [4.78, 5) is 37.0. The van der Waals surface area contributed by atoms with Gasteiger partial charge in [-0.3, -0.25) is 14.4 Å². The van der Waals surface area contributed by atoms with Crippen molar-refractivity contribution < 1.29 is 29.0 Å². The lowest BCUT2D eigenvalue weighted by atomic mass is 9.65. The standard InChI is InChI=1S/C21H33NO6/c1-27-20(25)13-9-14(21(26)28-2)11-15(10-13)22-19(24)17-8-7-12-5-3-4-6-16(12)18(17)23/h12-18,23H,3-11H2,1-2H3,(H,22,24). The molecular formula is C21H33NO6. The van der Waals surface area contributed by atoms with Gasteiger partial charge < -0.3 is 19.9 Å². The number of esters is 2. The molecule has 3 rings (SSSR count). The lowest BCUT2D eigenvalue weighted by Gasteiger charge is -2.43. The van der Waals surface area contributed by atoms with Crippen molar-refractivity contribution in [1.82, 2.24) is 5.32 Å². The van der Waals surface area contributed by atoms with Crippen molar-refractivity contribution in [2.75, 3.05) is 14.2 Å². The summed E-state index contributed by atoms with van der Waals surface area (Å²) < 4.78 is 9.71. The molecule has 0 aromatic carbocycles. The molecular weight excluding hydrogens is 362 g/mol. The Hall–Kier alpha value is -1.63. The van der Waals surface area contributed by atoms with Crippen LogP contribution in [-0.4, -0.2) is 49.3 Å². The number of hydrogen-bond donors (Lipinski definition) is 2. The van der Waals surface area contributed by atoms with E-state index in [1.165, 1.54) is 20.6 Å². The number of rotatable bonds is 4. The molecule has 1 amide bonds. The average Bonchev–Trinajstić information content (AvgIpc) is 2.72. The van der Waals surface area contributed by atoms with E-state index in [0.29, 0.717) is 31.6 Å². The number of ether oxygens (including phenoxy) is 2. The summed E-state index contributed by atoms with van der Waals surface area (Å²) >= 11 is 0. The summed E-state index contributed by atoms with van der Waals surface area (Å²) in [5, 5.41) is 13.8. The van der Waals surface area contributed by atoms with Crippen LogP contribution in [-0.2, 0) is 23.9 Å². The fourth-order valence-corrected chi connectivity index (χ4v) is 5.66. The zero-order valence-corrected chi connectivity index (χ0v) is 16.9. The van der Waals surface area contributed by atoms with Gasteiger partial charge in [-0.05, 0) is 50.4 Å². The van der Waals surface area contributed by atoms with E-state index in [2.05, 4.69) is 5.32 Å². The lowest BCUT2D eigenvalue weighted by Crippen LogP contribution is -2.51. The van der Waals surface area contributed by atoms with Crippen molar-refractivity contribution in [3.05, 3.63) is 0 Å². The zero-order valence-electron chi connectivity index (χ0n) is 16.9. The minimum atomic E-state index is -0.601. The van der Waals surface area contributed by atoms with Gasteiger partial charge in [-0.2, -0.15) is 0 Å². The molecule has 7 heteroatoms. The summed E-state index contributed by atoms with van der Waals surface area (Å²) in [7, 11) is 2.66. The van der Waals surface area contributed by atoms with E-state index in [-0.39, 0.29) is 29.8 Å². The fourth-order valence-electron chi connectivity index (χ4n) is 5.66. The number of carbonyl (C=O) groups is 3. The zero-order chi connectivity index (χ0) is 20.3. The highest BCUT2D eigenvalue weighted by atomic mass is 16.5. The first-order chi connectivity index (χ1) is 13.4. The highest BCUT2D eigenvalue weighted by Gasteiger charge is 2.44. The Morgan fingerprint density at radius 2 is 1.46 bits per heavy atom. The summed E-state index contributed by atoms with van der Waals surface area (Å²) in [6.07, 6.45) is 6.84. The van der Waals surface area contributed by atoms with E-state index < -0.39 is 23.9 Å². The van der Waals surface area contributed by atoms with E-state index in [0.717, 1.165) is 25.7 Å². The number of hydrogen-bond acceptors (Lipinski definition) is 6. The van der Waals surface area contributed by atoms with Gasteiger partial charge in [0, 0.05) is 6.04 Å². The Morgan fingerprint density at radius 3 is 2.07 bits per heavy atom. The van der Waals surface area contributed by atoms with E-state index in [1.54, 1.807) is 0 Å². The number of methoxy groups -OCH3 is 2. The van der Waals surface area contributed by atoms with Crippen LogP contribution in [0.25, 0.3) is 0 Å². The third-order valence-electron chi connectivity index (χ3n) is 7.13. The first-order valence-electron chi connectivity index (χ1n) is 10.6. The molecule has 6 unspecified atom stereocenters. The maximum absolute atomic E-state index is 12.9. The van der Waals surface area contributed by atoms with Crippen LogP contribution in [0.1, 0.15) is 57.8 Å². The second-order valence-corrected chi connectivity index (χ2v) is 8.74. The Balaban J connectivity index is 1.64. The van der Waals surface area contributed by atoms with Gasteiger partial charge in [0.15, 0.2) is 0 Å². The summed E-state index contributed by atoms with van der Waals surface area (Å²) in [6, 6.07) is -0.300. The van der Waals surface area contributed by atoms with Crippen molar-refractivity contribution in [1.29, 1.82) is 0 Å². The van der Waals surface area contributed by atoms with Gasteiger partial charge >= 0.3 is 11.9 Å². The predicted octanol–water partition coefficient (Wildman–Crippen LogP) is 1.81. The van der Waals surface area contributed by atoms with Gasteiger partial charge in [0.2, 0.25) is 5.91 Å². The highest BCUT2D eigenvalue weighted by Crippen LogP contribution is 2.43. The molecule has 2 N–H and O–H groups in total. The molecule has 0 saturated heterocycles. The largest absolute Gasteiger partial charge is 0.469 e. The van der Waals surface area contributed by atoms with Crippen LogP contribution in [0, 0.1) is 29.6 Å². The number of nitrogens with one attached hydrogen (secondary N) is 1. The third kappa shape index (κ3) is 4.50. The minimum Gasteiger partial charge on any atom is -0.469 e. The molecule has 0 bridgehead atoms. The maximum Gasteiger partial charge on any atom is 0.308 e. The number of aliphatic hydroxyl groups excluding tert-OH is 1. The molecule has 0 aromatic rings. The topological polar surface area (TPSA) is 102 Å². The van der Waals surface area contributed by atoms with Gasteiger partial charge in [-0.25, -0.2) is 0 Å². The van der Waals surface area contributed by atoms with Crippen molar-refractivity contribution in [2.45, 2.75) is 69.9 Å². The molecule has 0 spiro atoms. The van der Waals surface area contributed by atoms with Gasteiger partial charge in [0.1, 0.15) is 0 Å². The maximum atomic E-state index is 12.9. The molecule has 3 saturated carbocycles. The third-order valence-corrected chi connectivity index (χ3v) is 7.13. The number of carbonyl (C=O) groups excluding carboxylic acids is 3. The lowest BCUT2D eigenvalue weighted by molar-refractivity contribution is -0.153. The second kappa shape index (κ2) is 9.25. The van der Waals surface area contributed by atoms with Crippen molar-refractivity contribution >= 4 is 17.8 Å². The normalized spacial score (nSPS) is 38.0. The van der Waals surface area contributed by atoms with E-state index in [4.69, 9.17) is 9.47 Å². The van der Waals surface area contributed by atoms with Crippen LogP contribution in [0.3, 0.4) is 0 Å². The molecule has 3 aliphatic carbocycles. The Labute approximate surface area is 166 Å². The minimum absolute atomic E-state index is 0.157.